The van der Waals surface area contributed by atoms with Crippen LogP contribution < -0.4 is 4.90 Å². The van der Waals surface area contributed by atoms with Gasteiger partial charge in [0.15, 0.2) is 0 Å². The van der Waals surface area contributed by atoms with E-state index in [-0.39, 0.29) is 6.04 Å². The lowest BCUT2D eigenvalue weighted by Crippen LogP contribution is -2.30. The summed E-state index contributed by atoms with van der Waals surface area (Å²) in [6.45, 7) is 6.63. The van der Waals surface area contributed by atoms with Crippen LogP contribution >= 0.6 is 0 Å². The van der Waals surface area contributed by atoms with Crippen molar-refractivity contribution in [1.29, 1.82) is 0 Å². The predicted octanol–water partition coefficient (Wildman–Crippen LogP) is 8.59. The lowest BCUT2D eigenvalue weighted by atomic mass is 9.98. The van der Waals surface area contributed by atoms with Gasteiger partial charge in [-0.1, -0.05) is 84.4 Å². The Morgan fingerprint density at radius 1 is 0.703 bits per heavy atom. The van der Waals surface area contributed by atoms with E-state index >= 15 is 0 Å². The maximum atomic E-state index is 4.73. The standard InChI is InChI=1S/C34H33N3/c1-25-15-19-29(20-16-25)33-24-30(21-23-36-33)37(27(3)17-18-28-11-5-4-6-12-28)34-26(2)10-9-13-31(34)32-14-7-8-22-35-32/h4-16,19-24,27H,17-18H2,1-3H3. The normalized spacial score (nSPS) is 11.8. The number of aryl methyl sites for hydroxylation is 3. The Hall–Kier alpha value is -4.24. The number of rotatable bonds is 8. The molecule has 2 heterocycles. The molecule has 184 valence electrons. The maximum absolute atomic E-state index is 4.73. The van der Waals surface area contributed by atoms with Crippen molar-refractivity contribution in [3.05, 3.63) is 132 Å². The summed E-state index contributed by atoms with van der Waals surface area (Å²) in [5.41, 5.74) is 10.4. The number of aromatic nitrogens is 2. The fourth-order valence-electron chi connectivity index (χ4n) is 4.91. The van der Waals surface area contributed by atoms with E-state index in [1.54, 1.807) is 0 Å². The molecule has 5 rings (SSSR count). The van der Waals surface area contributed by atoms with Gasteiger partial charge in [-0.3, -0.25) is 9.97 Å². The summed E-state index contributed by atoms with van der Waals surface area (Å²) in [4.78, 5) is 11.9. The molecule has 5 aromatic rings. The molecule has 2 aromatic heterocycles. The van der Waals surface area contributed by atoms with E-state index in [2.05, 4.69) is 123 Å². The minimum absolute atomic E-state index is 0.247. The van der Waals surface area contributed by atoms with Crippen LogP contribution in [0.1, 0.15) is 30.0 Å². The van der Waals surface area contributed by atoms with Crippen molar-refractivity contribution in [3.8, 4) is 22.5 Å². The Kier molecular flexibility index (Phi) is 7.41. The SMILES string of the molecule is Cc1ccc(-c2cc(N(c3c(C)cccc3-c3ccccn3)C(C)CCc3ccccc3)ccn2)cc1. The van der Waals surface area contributed by atoms with Crippen LogP contribution in [0.4, 0.5) is 11.4 Å². The third kappa shape index (κ3) is 5.62. The Bertz CT molecular complexity index is 1440. The first kappa shape index (κ1) is 24.5. The molecule has 0 fully saturated rings. The number of para-hydroxylation sites is 1. The molecule has 0 bridgehead atoms. The van der Waals surface area contributed by atoms with Crippen molar-refractivity contribution in [2.45, 2.75) is 39.7 Å². The highest BCUT2D eigenvalue weighted by Crippen LogP contribution is 2.40. The molecule has 0 amide bonds. The molecular weight excluding hydrogens is 450 g/mol. The van der Waals surface area contributed by atoms with Gasteiger partial charge in [-0.25, -0.2) is 0 Å². The molecule has 37 heavy (non-hydrogen) atoms. The molecule has 0 N–H and O–H groups in total. The zero-order chi connectivity index (χ0) is 25.6. The number of benzene rings is 3. The molecule has 3 nitrogen and oxygen atoms in total. The highest BCUT2D eigenvalue weighted by atomic mass is 15.2. The largest absolute Gasteiger partial charge is 0.338 e. The molecule has 0 spiro atoms. The summed E-state index contributed by atoms with van der Waals surface area (Å²) in [6.07, 6.45) is 5.83. The lowest BCUT2D eigenvalue weighted by molar-refractivity contribution is 0.645. The van der Waals surface area contributed by atoms with Crippen LogP contribution in [-0.2, 0) is 6.42 Å². The van der Waals surface area contributed by atoms with Gasteiger partial charge in [0.1, 0.15) is 0 Å². The molecular formula is C34H33N3. The van der Waals surface area contributed by atoms with E-state index in [1.165, 1.54) is 22.4 Å². The second-order valence-electron chi connectivity index (χ2n) is 9.69. The van der Waals surface area contributed by atoms with Crippen LogP contribution in [0.2, 0.25) is 0 Å². The first-order valence-electron chi connectivity index (χ1n) is 13.0. The summed E-state index contributed by atoms with van der Waals surface area (Å²) < 4.78 is 0. The Balaban J connectivity index is 1.61. The van der Waals surface area contributed by atoms with Crippen molar-refractivity contribution < 1.29 is 0 Å². The van der Waals surface area contributed by atoms with Gasteiger partial charge in [-0.15, -0.1) is 0 Å². The van der Waals surface area contributed by atoms with Crippen LogP contribution in [0.3, 0.4) is 0 Å². The van der Waals surface area contributed by atoms with E-state index < -0.39 is 0 Å². The zero-order valence-corrected chi connectivity index (χ0v) is 21.8. The summed E-state index contributed by atoms with van der Waals surface area (Å²) in [5, 5.41) is 0. The zero-order valence-electron chi connectivity index (χ0n) is 21.8. The Morgan fingerprint density at radius 2 is 1.46 bits per heavy atom. The van der Waals surface area contributed by atoms with Gasteiger partial charge in [0, 0.05) is 35.2 Å². The number of hydrogen-bond donors (Lipinski definition) is 0. The molecule has 3 heteroatoms. The monoisotopic (exact) mass is 483 g/mol. The number of nitrogens with zero attached hydrogens (tertiary/aromatic N) is 3. The minimum atomic E-state index is 0.247. The van der Waals surface area contributed by atoms with E-state index in [4.69, 9.17) is 9.97 Å². The van der Waals surface area contributed by atoms with Crippen molar-refractivity contribution in [2.24, 2.45) is 0 Å². The topological polar surface area (TPSA) is 29.0 Å². The third-order valence-corrected chi connectivity index (χ3v) is 6.92. The predicted molar refractivity (Wildman–Crippen MR) is 155 cm³/mol. The number of pyridine rings is 2. The maximum Gasteiger partial charge on any atom is 0.0723 e. The van der Waals surface area contributed by atoms with Crippen molar-refractivity contribution in [2.75, 3.05) is 4.90 Å². The molecule has 0 radical (unpaired) electrons. The van der Waals surface area contributed by atoms with Crippen LogP contribution in [0.5, 0.6) is 0 Å². The smallest absolute Gasteiger partial charge is 0.0723 e. The molecule has 0 aliphatic carbocycles. The van der Waals surface area contributed by atoms with E-state index in [9.17, 15) is 0 Å². The number of anilines is 2. The highest BCUT2D eigenvalue weighted by Gasteiger charge is 2.23. The molecule has 1 atom stereocenters. The second kappa shape index (κ2) is 11.2. The van der Waals surface area contributed by atoms with Crippen molar-refractivity contribution >= 4 is 11.4 Å². The van der Waals surface area contributed by atoms with Gasteiger partial charge in [-0.05, 0) is 69.0 Å². The molecule has 1 unspecified atom stereocenters. The molecule has 0 saturated carbocycles. The molecule has 0 saturated heterocycles. The van der Waals surface area contributed by atoms with Crippen LogP contribution in [0.15, 0.2) is 116 Å². The summed E-state index contributed by atoms with van der Waals surface area (Å²) in [7, 11) is 0. The molecule has 0 aliphatic rings. The minimum Gasteiger partial charge on any atom is -0.338 e. The van der Waals surface area contributed by atoms with Gasteiger partial charge in [-0.2, -0.15) is 0 Å². The summed E-state index contributed by atoms with van der Waals surface area (Å²) in [5.74, 6) is 0. The van der Waals surface area contributed by atoms with Crippen molar-refractivity contribution in [3.63, 3.8) is 0 Å². The molecule has 3 aromatic carbocycles. The van der Waals surface area contributed by atoms with Gasteiger partial charge in [0.05, 0.1) is 17.1 Å². The Labute approximate surface area is 220 Å². The molecule has 0 aliphatic heterocycles. The average Bonchev–Trinajstić information content (AvgIpc) is 2.94. The average molecular weight is 484 g/mol. The van der Waals surface area contributed by atoms with E-state index in [1.807, 2.05) is 18.5 Å². The van der Waals surface area contributed by atoms with Gasteiger partial charge in [0.2, 0.25) is 0 Å². The summed E-state index contributed by atoms with van der Waals surface area (Å²) in [6, 6.07) is 36.6. The van der Waals surface area contributed by atoms with Crippen LogP contribution in [-0.4, -0.2) is 16.0 Å². The fourth-order valence-corrected chi connectivity index (χ4v) is 4.91. The first-order chi connectivity index (χ1) is 18.1. The fraction of sp³-hybridized carbons (Fsp3) is 0.176. The third-order valence-electron chi connectivity index (χ3n) is 6.92. The van der Waals surface area contributed by atoms with Crippen LogP contribution in [0.25, 0.3) is 22.5 Å². The van der Waals surface area contributed by atoms with Gasteiger partial charge in [0.25, 0.3) is 0 Å². The highest BCUT2D eigenvalue weighted by molar-refractivity contribution is 5.84. The quantitative estimate of drug-likeness (QED) is 0.221. The second-order valence-corrected chi connectivity index (χ2v) is 9.69. The van der Waals surface area contributed by atoms with Gasteiger partial charge >= 0.3 is 0 Å². The number of hydrogen-bond acceptors (Lipinski definition) is 3. The first-order valence-corrected chi connectivity index (χ1v) is 13.0. The summed E-state index contributed by atoms with van der Waals surface area (Å²) >= 11 is 0. The lowest BCUT2D eigenvalue weighted by Gasteiger charge is -2.34. The Morgan fingerprint density at radius 3 is 2.22 bits per heavy atom. The van der Waals surface area contributed by atoms with Crippen LogP contribution in [0, 0.1) is 13.8 Å². The van der Waals surface area contributed by atoms with E-state index in [0.29, 0.717) is 0 Å². The van der Waals surface area contributed by atoms with Crippen molar-refractivity contribution in [1.82, 2.24) is 9.97 Å². The van der Waals surface area contributed by atoms with Gasteiger partial charge < -0.3 is 4.90 Å². The van der Waals surface area contributed by atoms with E-state index in [0.717, 1.165) is 41.0 Å².